The Bertz CT molecular complexity index is 786. The highest BCUT2D eigenvalue weighted by Crippen LogP contribution is 2.20. The molecule has 0 saturated carbocycles. The zero-order valence-corrected chi connectivity index (χ0v) is 14.4. The Hall–Kier alpha value is -2.73. The van der Waals surface area contributed by atoms with Gasteiger partial charge in [0.1, 0.15) is 11.4 Å². The van der Waals surface area contributed by atoms with Crippen molar-refractivity contribution < 1.29 is 19.1 Å². The van der Waals surface area contributed by atoms with Gasteiger partial charge in [-0.25, -0.2) is 4.39 Å². The molecule has 2 amide bonds. The Kier molecular flexibility index (Phi) is 5.54. The van der Waals surface area contributed by atoms with Gasteiger partial charge in [-0.3, -0.25) is 9.59 Å². The van der Waals surface area contributed by atoms with Crippen LogP contribution in [0.4, 0.5) is 10.1 Å². The number of aliphatic hydroxyl groups is 1. The zero-order chi connectivity index (χ0) is 18.6. The van der Waals surface area contributed by atoms with E-state index in [0.717, 1.165) is 11.1 Å². The van der Waals surface area contributed by atoms with E-state index in [0.29, 0.717) is 11.3 Å². The Balaban J connectivity index is 1.95. The number of carbonyl (C=O) groups excluding carboxylic acids is 2. The lowest BCUT2D eigenvalue weighted by molar-refractivity contribution is -0.136. The first-order valence-corrected chi connectivity index (χ1v) is 7.84. The number of amides is 2. The summed E-state index contributed by atoms with van der Waals surface area (Å²) in [5.74, 6) is -2.10. The highest BCUT2D eigenvalue weighted by atomic mass is 19.1. The molecule has 2 rings (SSSR count). The molecule has 0 fully saturated rings. The third-order valence-electron chi connectivity index (χ3n) is 4.03. The maximum Gasteiger partial charge on any atom is 0.313 e. The highest BCUT2D eigenvalue weighted by Gasteiger charge is 2.25. The van der Waals surface area contributed by atoms with Gasteiger partial charge in [0.15, 0.2) is 0 Å². The summed E-state index contributed by atoms with van der Waals surface area (Å²) in [4.78, 5) is 23.9. The smallest absolute Gasteiger partial charge is 0.313 e. The van der Waals surface area contributed by atoms with Crippen LogP contribution in [-0.4, -0.2) is 23.5 Å². The number of hydrogen-bond donors (Lipinski definition) is 3. The molecule has 2 aromatic rings. The third kappa shape index (κ3) is 4.87. The second-order valence-corrected chi connectivity index (χ2v) is 6.22. The van der Waals surface area contributed by atoms with Crippen LogP contribution in [0.1, 0.15) is 23.6 Å². The number of nitrogens with one attached hydrogen (secondary N) is 2. The summed E-state index contributed by atoms with van der Waals surface area (Å²) in [6.07, 6.45) is 0. The third-order valence-corrected chi connectivity index (χ3v) is 4.03. The molecule has 1 atom stereocenters. The number of carbonyl (C=O) groups is 2. The van der Waals surface area contributed by atoms with Gasteiger partial charge in [-0.15, -0.1) is 0 Å². The van der Waals surface area contributed by atoms with Crippen molar-refractivity contribution in [1.82, 2.24) is 5.32 Å². The molecule has 1 unspecified atom stereocenters. The molecular formula is C19H21FN2O3. The van der Waals surface area contributed by atoms with E-state index in [4.69, 9.17) is 0 Å². The van der Waals surface area contributed by atoms with Crippen molar-refractivity contribution in [1.29, 1.82) is 0 Å². The van der Waals surface area contributed by atoms with Crippen LogP contribution in [0.5, 0.6) is 0 Å². The highest BCUT2D eigenvalue weighted by molar-refractivity contribution is 6.39. The SMILES string of the molecule is Cc1ccc(NC(=O)C(=O)NCC(C)(O)c2ccc(F)cc2)cc1C. The number of rotatable bonds is 4. The first kappa shape index (κ1) is 18.6. The first-order valence-electron chi connectivity index (χ1n) is 7.84. The summed E-state index contributed by atoms with van der Waals surface area (Å²) in [5, 5.41) is 15.3. The van der Waals surface area contributed by atoms with Crippen LogP contribution in [0.2, 0.25) is 0 Å². The molecule has 2 aromatic carbocycles. The summed E-state index contributed by atoms with van der Waals surface area (Å²) < 4.78 is 13.0. The Morgan fingerprint density at radius 1 is 1.04 bits per heavy atom. The molecule has 5 nitrogen and oxygen atoms in total. The van der Waals surface area contributed by atoms with Crippen molar-refractivity contribution >= 4 is 17.5 Å². The maximum absolute atomic E-state index is 13.0. The van der Waals surface area contributed by atoms with Crippen molar-refractivity contribution in [2.75, 3.05) is 11.9 Å². The predicted octanol–water partition coefficient (Wildman–Crippen LogP) is 2.40. The van der Waals surface area contributed by atoms with Gasteiger partial charge in [-0.2, -0.15) is 0 Å². The fourth-order valence-corrected chi connectivity index (χ4v) is 2.25. The first-order chi connectivity index (χ1) is 11.7. The van der Waals surface area contributed by atoms with Crippen LogP contribution in [0.3, 0.4) is 0 Å². The van der Waals surface area contributed by atoms with E-state index >= 15 is 0 Å². The lowest BCUT2D eigenvalue weighted by Crippen LogP contribution is -2.43. The molecule has 25 heavy (non-hydrogen) atoms. The average Bonchev–Trinajstić information content (AvgIpc) is 2.56. The zero-order valence-electron chi connectivity index (χ0n) is 14.4. The van der Waals surface area contributed by atoms with Gasteiger partial charge in [0, 0.05) is 5.69 Å². The van der Waals surface area contributed by atoms with Crippen LogP contribution in [0, 0.1) is 19.7 Å². The standard InChI is InChI=1S/C19H21FN2O3/c1-12-4-9-16(10-13(12)2)22-18(24)17(23)21-11-19(3,25)14-5-7-15(20)8-6-14/h4-10,25H,11H2,1-3H3,(H,21,23)(H,22,24). The minimum atomic E-state index is -1.43. The summed E-state index contributed by atoms with van der Waals surface area (Å²) in [7, 11) is 0. The molecule has 0 heterocycles. The largest absolute Gasteiger partial charge is 0.384 e. The summed E-state index contributed by atoms with van der Waals surface area (Å²) in [6, 6.07) is 10.6. The molecule has 3 N–H and O–H groups in total. The van der Waals surface area contributed by atoms with E-state index < -0.39 is 23.2 Å². The van der Waals surface area contributed by atoms with E-state index in [2.05, 4.69) is 10.6 Å². The van der Waals surface area contributed by atoms with Crippen LogP contribution < -0.4 is 10.6 Å². The molecule has 0 aliphatic rings. The quantitative estimate of drug-likeness (QED) is 0.745. The van der Waals surface area contributed by atoms with Gasteiger partial charge in [0.05, 0.1) is 6.54 Å². The van der Waals surface area contributed by atoms with Crippen LogP contribution in [0.25, 0.3) is 0 Å². The van der Waals surface area contributed by atoms with Crippen molar-refractivity contribution in [2.45, 2.75) is 26.4 Å². The summed E-state index contributed by atoms with van der Waals surface area (Å²) in [5.41, 5.74) is 1.61. The minimum Gasteiger partial charge on any atom is -0.384 e. The van der Waals surface area contributed by atoms with Gasteiger partial charge >= 0.3 is 11.8 Å². The molecule has 0 aliphatic heterocycles. The van der Waals surface area contributed by atoms with Crippen LogP contribution in [-0.2, 0) is 15.2 Å². The number of hydrogen-bond acceptors (Lipinski definition) is 3. The van der Waals surface area contributed by atoms with Gasteiger partial charge in [-0.05, 0) is 61.7 Å². The van der Waals surface area contributed by atoms with Gasteiger partial charge in [-0.1, -0.05) is 18.2 Å². The van der Waals surface area contributed by atoms with Crippen molar-refractivity contribution in [3.8, 4) is 0 Å². The molecule has 0 aliphatic carbocycles. The number of halogens is 1. The topological polar surface area (TPSA) is 78.4 Å². The molecule has 6 heteroatoms. The molecule has 0 bridgehead atoms. The summed E-state index contributed by atoms with van der Waals surface area (Å²) in [6.45, 7) is 5.15. The minimum absolute atomic E-state index is 0.183. The fourth-order valence-electron chi connectivity index (χ4n) is 2.25. The average molecular weight is 344 g/mol. The molecular weight excluding hydrogens is 323 g/mol. The van der Waals surface area contributed by atoms with E-state index in [-0.39, 0.29) is 6.54 Å². The number of aryl methyl sites for hydroxylation is 2. The Morgan fingerprint density at radius 3 is 2.28 bits per heavy atom. The summed E-state index contributed by atoms with van der Waals surface area (Å²) >= 11 is 0. The molecule has 0 radical (unpaired) electrons. The lowest BCUT2D eigenvalue weighted by Gasteiger charge is -2.24. The van der Waals surface area contributed by atoms with Gasteiger partial charge in [0.2, 0.25) is 0 Å². The predicted molar refractivity (Wildman–Crippen MR) is 93.5 cm³/mol. The van der Waals surface area contributed by atoms with Crippen molar-refractivity contribution in [2.24, 2.45) is 0 Å². The number of anilines is 1. The second kappa shape index (κ2) is 7.44. The lowest BCUT2D eigenvalue weighted by atomic mass is 9.96. The fraction of sp³-hybridized carbons (Fsp3) is 0.263. The normalized spacial score (nSPS) is 13.0. The Morgan fingerprint density at radius 2 is 1.68 bits per heavy atom. The molecule has 0 saturated heterocycles. The Labute approximate surface area is 145 Å². The number of benzene rings is 2. The second-order valence-electron chi connectivity index (χ2n) is 6.22. The van der Waals surface area contributed by atoms with Crippen molar-refractivity contribution in [3.05, 3.63) is 65.0 Å². The van der Waals surface area contributed by atoms with E-state index in [1.165, 1.54) is 31.2 Å². The van der Waals surface area contributed by atoms with E-state index in [1.807, 2.05) is 19.9 Å². The van der Waals surface area contributed by atoms with Crippen molar-refractivity contribution in [3.63, 3.8) is 0 Å². The monoisotopic (exact) mass is 344 g/mol. The van der Waals surface area contributed by atoms with Crippen LogP contribution in [0.15, 0.2) is 42.5 Å². The van der Waals surface area contributed by atoms with Gasteiger partial charge in [0.25, 0.3) is 0 Å². The molecule has 0 aromatic heterocycles. The maximum atomic E-state index is 13.0. The molecule has 0 spiro atoms. The van der Waals surface area contributed by atoms with Gasteiger partial charge < -0.3 is 15.7 Å². The molecule has 132 valence electrons. The van der Waals surface area contributed by atoms with E-state index in [1.54, 1.807) is 12.1 Å². The van der Waals surface area contributed by atoms with Crippen LogP contribution >= 0.6 is 0 Å². The van der Waals surface area contributed by atoms with E-state index in [9.17, 15) is 19.1 Å².